The van der Waals surface area contributed by atoms with Crippen LogP contribution < -0.4 is 10.9 Å². The van der Waals surface area contributed by atoms with Crippen LogP contribution in [-0.2, 0) is 5.16 Å². The molecule has 182 valence electrons. The molecule has 0 fully saturated rings. The number of rotatable bonds is 8. The summed E-state index contributed by atoms with van der Waals surface area (Å²) < 4.78 is 2.25. The maximum Gasteiger partial charge on any atom is 0.233 e. The summed E-state index contributed by atoms with van der Waals surface area (Å²) in [7, 11) is -1.39. The highest BCUT2D eigenvalue weighted by Gasteiger charge is 2.40. The van der Waals surface area contributed by atoms with E-state index in [9.17, 15) is 0 Å². The van der Waals surface area contributed by atoms with Crippen LogP contribution in [0.25, 0.3) is 0 Å². The highest BCUT2D eigenvalue weighted by atomic mass is 28.3. The van der Waals surface area contributed by atoms with Gasteiger partial charge in [0.05, 0.1) is 20.3 Å². The van der Waals surface area contributed by atoms with E-state index < -0.39 is 8.80 Å². The van der Waals surface area contributed by atoms with Gasteiger partial charge < -0.3 is 4.57 Å². The normalized spacial score (nSPS) is 11.5. The standard InChI is InChI=1S/C19H20N2Si.C14H13B/c1-3-22(2)19(21-15-14-20-16-21,17-10-6-4-7-11-17)18-12-8-5-9-13-18;1-2-15(13-9-5-3-6-10-13)14-11-7-4-8-12-14/h3-16,22H,1H2,2H3;2-12H,1H2. The Kier molecular flexibility index (Phi) is 8.90. The van der Waals surface area contributed by atoms with Crippen molar-refractivity contribution in [2.45, 2.75) is 11.7 Å². The van der Waals surface area contributed by atoms with E-state index in [0.717, 1.165) is 0 Å². The Bertz CT molecular complexity index is 1280. The zero-order chi connectivity index (χ0) is 25.9. The van der Waals surface area contributed by atoms with Crippen LogP contribution in [0.4, 0.5) is 0 Å². The van der Waals surface area contributed by atoms with Crippen LogP contribution in [0.3, 0.4) is 0 Å². The lowest BCUT2D eigenvalue weighted by Gasteiger charge is -2.40. The second kappa shape index (κ2) is 12.7. The Morgan fingerprint density at radius 3 is 1.49 bits per heavy atom. The lowest BCUT2D eigenvalue weighted by molar-refractivity contribution is 0.587. The van der Waals surface area contributed by atoms with Gasteiger partial charge in [0, 0.05) is 12.4 Å². The van der Waals surface area contributed by atoms with Crippen LogP contribution in [-0.4, -0.2) is 25.1 Å². The predicted octanol–water partition coefficient (Wildman–Crippen LogP) is 5.82. The molecule has 1 atom stereocenters. The monoisotopic (exact) mass is 496 g/mol. The maximum atomic E-state index is 4.31. The Hall–Kier alpha value is -4.15. The summed E-state index contributed by atoms with van der Waals surface area (Å²) in [5.41, 5.74) is 7.31. The van der Waals surface area contributed by atoms with Gasteiger partial charge in [0.15, 0.2) is 0 Å². The van der Waals surface area contributed by atoms with E-state index in [1.165, 1.54) is 22.1 Å². The van der Waals surface area contributed by atoms with Crippen LogP contribution in [0.2, 0.25) is 6.55 Å². The molecular formula is C33H33BN2Si. The number of aromatic nitrogens is 2. The van der Waals surface area contributed by atoms with Gasteiger partial charge in [-0.3, -0.25) is 0 Å². The van der Waals surface area contributed by atoms with Gasteiger partial charge in [-0.2, -0.15) is 0 Å². The molecule has 0 amide bonds. The topological polar surface area (TPSA) is 17.8 Å². The summed E-state index contributed by atoms with van der Waals surface area (Å²) >= 11 is 0. The van der Waals surface area contributed by atoms with E-state index in [0.29, 0.717) is 6.71 Å². The number of imidazole rings is 1. The third-order valence-corrected chi connectivity index (χ3v) is 9.89. The van der Waals surface area contributed by atoms with Gasteiger partial charge in [-0.05, 0) is 11.1 Å². The summed E-state index contributed by atoms with van der Waals surface area (Å²) in [6.07, 6.45) is 5.84. The van der Waals surface area contributed by atoms with E-state index >= 15 is 0 Å². The van der Waals surface area contributed by atoms with Crippen molar-refractivity contribution >= 4 is 26.4 Å². The minimum atomic E-state index is -1.39. The van der Waals surface area contributed by atoms with E-state index in [1.54, 1.807) is 0 Å². The molecule has 1 unspecified atom stereocenters. The molecule has 0 N–H and O–H groups in total. The fourth-order valence-electron chi connectivity index (χ4n) is 5.03. The molecular weight excluding hydrogens is 463 g/mol. The lowest BCUT2D eigenvalue weighted by Crippen LogP contribution is -2.47. The predicted molar refractivity (Wildman–Crippen MR) is 163 cm³/mol. The molecule has 4 heteroatoms. The molecule has 37 heavy (non-hydrogen) atoms. The average Bonchev–Trinajstić information content (AvgIpc) is 3.52. The summed E-state index contributed by atoms with van der Waals surface area (Å²) in [6, 6.07) is 42.3. The average molecular weight is 497 g/mol. The molecule has 0 aliphatic carbocycles. The Morgan fingerprint density at radius 1 is 0.703 bits per heavy atom. The molecule has 0 aliphatic heterocycles. The molecule has 0 radical (unpaired) electrons. The Morgan fingerprint density at radius 2 is 1.14 bits per heavy atom. The van der Waals surface area contributed by atoms with Crippen LogP contribution in [0.1, 0.15) is 11.1 Å². The summed E-state index contributed by atoms with van der Waals surface area (Å²) in [6.45, 7) is 10.7. The van der Waals surface area contributed by atoms with Gasteiger partial charge in [-0.1, -0.05) is 139 Å². The smallest absolute Gasteiger partial charge is 0.233 e. The van der Waals surface area contributed by atoms with Crippen molar-refractivity contribution in [1.82, 2.24) is 9.55 Å². The lowest BCUT2D eigenvalue weighted by atomic mass is 9.41. The van der Waals surface area contributed by atoms with Crippen molar-refractivity contribution in [3.8, 4) is 0 Å². The molecule has 2 nitrogen and oxygen atoms in total. The van der Waals surface area contributed by atoms with E-state index in [-0.39, 0.29) is 5.16 Å². The van der Waals surface area contributed by atoms with E-state index in [2.05, 4.69) is 150 Å². The van der Waals surface area contributed by atoms with Crippen molar-refractivity contribution in [2.24, 2.45) is 0 Å². The van der Waals surface area contributed by atoms with E-state index in [4.69, 9.17) is 0 Å². The first-order valence-corrected chi connectivity index (χ1v) is 15.1. The van der Waals surface area contributed by atoms with Gasteiger partial charge in [0.1, 0.15) is 0 Å². The fourth-order valence-corrected chi connectivity index (χ4v) is 7.43. The highest BCUT2D eigenvalue weighted by Crippen LogP contribution is 2.37. The summed E-state index contributed by atoms with van der Waals surface area (Å²) in [5.74, 6) is 1.99. The molecule has 1 heterocycles. The van der Waals surface area contributed by atoms with Gasteiger partial charge in [-0.25, -0.2) is 4.98 Å². The summed E-state index contributed by atoms with van der Waals surface area (Å²) in [4.78, 5) is 4.31. The van der Waals surface area contributed by atoms with Gasteiger partial charge in [0.2, 0.25) is 6.71 Å². The molecule has 5 aromatic rings. The number of benzene rings is 4. The number of hydrogen-bond donors (Lipinski definition) is 0. The zero-order valence-corrected chi connectivity index (χ0v) is 22.6. The van der Waals surface area contributed by atoms with Crippen LogP contribution in [0.5, 0.6) is 0 Å². The van der Waals surface area contributed by atoms with Crippen molar-refractivity contribution in [1.29, 1.82) is 0 Å². The minimum absolute atomic E-state index is 0.208. The van der Waals surface area contributed by atoms with Crippen molar-refractivity contribution in [2.75, 3.05) is 0 Å². The van der Waals surface area contributed by atoms with Gasteiger partial charge in [-0.15, -0.1) is 24.8 Å². The van der Waals surface area contributed by atoms with Crippen molar-refractivity contribution < 1.29 is 0 Å². The molecule has 0 bridgehead atoms. The quantitative estimate of drug-likeness (QED) is 0.248. The van der Waals surface area contributed by atoms with Crippen molar-refractivity contribution in [3.63, 3.8) is 0 Å². The van der Waals surface area contributed by atoms with Gasteiger partial charge in [0.25, 0.3) is 0 Å². The van der Waals surface area contributed by atoms with Crippen LogP contribution in [0, 0.1) is 0 Å². The third-order valence-electron chi connectivity index (χ3n) is 6.91. The highest BCUT2D eigenvalue weighted by molar-refractivity contribution is 6.89. The molecule has 4 aromatic carbocycles. The second-order valence-electron chi connectivity index (χ2n) is 9.03. The third kappa shape index (κ3) is 5.65. The largest absolute Gasteiger partial charge is 0.326 e. The first-order chi connectivity index (χ1) is 18.2. The number of nitrogens with zero attached hydrogens (tertiary/aromatic N) is 2. The van der Waals surface area contributed by atoms with E-state index in [1.807, 2.05) is 30.6 Å². The fraction of sp³-hybridized carbons (Fsp3) is 0.0606. The Balaban J connectivity index is 0.000000186. The second-order valence-corrected chi connectivity index (χ2v) is 11.9. The van der Waals surface area contributed by atoms with Gasteiger partial charge >= 0.3 is 0 Å². The zero-order valence-electron chi connectivity index (χ0n) is 21.4. The van der Waals surface area contributed by atoms with Crippen LogP contribution >= 0.6 is 0 Å². The first-order valence-electron chi connectivity index (χ1n) is 12.7. The molecule has 0 spiro atoms. The van der Waals surface area contributed by atoms with Crippen LogP contribution in [0.15, 0.2) is 165 Å². The molecule has 1 aromatic heterocycles. The summed E-state index contributed by atoms with van der Waals surface area (Å²) in [5, 5.41) is -0.208. The molecule has 0 aliphatic rings. The first kappa shape index (κ1) is 25.9. The Labute approximate surface area is 223 Å². The van der Waals surface area contributed by atoms with Crippen molar-refractivity contribution in [3.05, 3.63) is 176 Å². The number of hydrogen-bond acceptors (Lipinski definition) is 1. The maximum absolute atomic E-state index is 4.31. The molecule has 5 rings (SSSR count). The molecule has 0 saturated heterocycles. The minimum Gasteiger partial charge on any atom is -0.326 e. The SMILES string of the molecule is C=CB(c1ccccc1)c1ccccc1.C=C[SiH](C)C(c1ccccc1)(c1ccccc1)n1ccnc1. The molecule has 0 saturated carbocycles.